The fourth-order valence-corrected chi connectivity index (χ4v) is 2.50. The van der Waals surface area contributed by atoms with Crippen LogP contribution in [0.5, 0.6) is 0 Å². The van der Waals surface area contributed by atoms with Crippen LogP contribution >= 0.6 is 45.2 Å². The lowest BCUT2D eigenvalue weighted by atomic mass is 10.4. The van der Waals surface area contributed by atoms with Crippen molar-refractivity contribution < 1.29 is 0 Å². The van der Waals surface area contributed by atoms with Gasteiger partial charge in [-0.2, -0.15) is 5.10 Å². The maximum atomic E-state index is 4.27. The Bertz CT molecular complexity index is 436. The summed E-state index contributed by atoms with van der Waals surface area (Å²) in [6.45, 7) is 0. The molecule has 0 saturated heterocycles. The van der Waals surface area contributed by atoms with E-state index in [2.05, 4.69) is 60.2 Å². The van der Waals surface area contributed by atoms with Gasteiger partial charge >= 0.3 is 0 Å². The van der Waals surface area contributed by atoms with Crippen LogP contribution in [0.1, 0.15) is 0 Å². The molecule has 0 atom stereocenters. The fraction of sp³-hybridized carbons (Fsp3) is 0.167. The highest BCUT2D eigenvalue weighted by Crippen LogP contribution is 2.16. The first-order chi connectivity index (χ1) is 5.68. The van der Waals surface area contributed by atoms with Gasteiger partial charge in [0.1, 0.15) is 3.70 Å². The van der Waals surface area contributed by atoms with Crippen LogP contribution in [0.15, 0.2) is 6.20 Å². The first-order valence-electron chi connectivity index (χ1n) is 3.19. The third-order valence-electron chi connectivity index (χ3n) is 1.52. The topological polar surface area (TPSA) is 43.6 Å². The Morgan fingerprint density at radius 1 is 1.33 bits per heavy atom. The molecule has 0 aliphatic heterocycles. The molecule has 2 heterocycles. The number of fused-ring (bicyclic) bond motifs is 1. The van der Waals surface area contributed by atoms with Gasteiger partial charge in [-0.1, -0.05) is 0 Å². The quantitative estimate of drug-likeness (QED) is 0.393. The van der Waals surface area contributed by atoms with Gasteiger partial charge in [0.25, 0.3) is 0 Å². The number of hydrogen-bond acceptors (Lipinski definition) is 3. The van der Waals surface area contributed by atoms with Crippen LogP contribution in [0, 0.1) is 7.53 Å². The van der Waals surface area contributed by atoms with Crippen molar-refractivity contribution in [1.82, 2.24) is 19.7 Å². The average Bonchev–Trinajstić information content (AvgIpc) is 2.33. The number of aromatic nitrogens is 4. The van der Waals surface area contributed by atoms with Crippen molar-refractivity contribution in [2.24, 2.45) is 7.05 Å². The van der Waals surface area contributed by atoms with Crippen molar-refractivity contribution in [1.29, 1.82) is 0 Å². The van der Waals surface area contributed by atoms with E-state index in [0.717, 1.165) is 18.6 Å². The van der Waals surface area contributed by atoms with Gasteiger partial charge in [-0.25, -0.2) is 9.97 Å². The molecule has 0 saturated carbocycles. The number of halogens is 2. The first-order valence-corrected chi connectivity index (χ1v) is 5.35. The summed E-state index contributed by atoms with van der Waals surface area (Å²) < 4.78 is 3.46. The second kappa shape index (κ2) is 3.05. The minimum absolute atomic E-state index is 0.758. The van der Waals surface area contributed by atoms with Crippen LogP contribution in [-0.2, 0) is 7.05 Å². The Hall–Kier alpha value is 0.01000. The zero-order chi connectivity index (χ0) is 8.72. The summed E-state index contributed by atoms with van der Waals surface area (Å²) in [5.41, 5.74) is 0.888. The molecule has 0 bridgehead atoms. The van der Waals surface area contributed by atoms with E-state index in [-0.39, 0.29) is 0 Å². The van der Waals surface area contributed by atoms with Gasteiger partial charge < -0.3 is 0 Å². The number of hydrogen-bond donors (Lipinski definition) is 0. The molecule has 0 amide bonds. The maximum absolute atomic E-state index is 4.27. The molecular formula is C6H4I2N4. The fourth-order valence-electron chi connectivity index (χ4n) is 0.963. The van der Waals surface area contributed by atoms with Crippen LogP contribution in [0.4, 0.5) is 0 Å². The van der Waals surface area contributed by atoms with Gasteiger partial charge in [-0.3, -0.25) is 4.68 Å². The number of rotatable bonds is 0. The van der Waals surface area contributed by atoms with Crippen molar-refractivity contribution in [3.63, 3.8) is 0 Å². The molecule has 0 aliphatic rings. The highest BCUT2D eigenvalue weighted by molar-refractivity contribution is 14.1. The summed E-state index contributed by atoms with van der Waals surface area (Å²) in [5, 5.41) is 5.12. The predicted octanol–water partition coefficient (Wildman–Crippen LogP) is 1.57. The maximum Gasteiger partial charge on any atom is 0.193 e. The monoisotopic (exact) mass is 386 g/mol. The van der Waals surface area contributed by atoms with Gasteiger partial charge in [0, 0.05) is 29.6 Å². The summed E-state index contributed by atoms with van der Waals surface area (Å²) in [7, 11) is 1.88. The Balaban J connectivity index is 2.92. The van der Waals surface area contributed by atoms with Crippen molar-refractivity contribution >= 4 is 56.2 Å². The molecule has 0 radical (unpaired) electrons. The van der Waals surface area contributed by atoms with Gasteiger partial charge in [-0.05, 0) is 22.6 Å². The highest BCUT2D eigenvalue weighted by atomic mass is 127. The molecule has 0 unspecified atom stereocenters. The van der Waals surface area contributed by atoms with Crippen molar-refractivity contribution in [3.05, 3.63) is 13.7 Å². The van der Waals surface area contributed by atoms with E-state index in [1.54, 1.807) is 10.9 Å². The van der Waals surface area contributed by atoms with Crippen molar-refractivity contribution in [3.8, 4) is 0 Å². The molecule has 2 rings (SSSR count). The molecule has 62 valence electrons. The Morgan fingerprint density at radius 2 is 2.08 bits per heavy atom. The van der Waals surface area contributed by atoms with Crippen molar-refractivity contribution in [2.45, 2.75) is 0 Å². The van der Waals surface area contributed by atoms with Crippen molar-refractivity contribution in [2.75, 3.05) is 0 Å². The Kier molecular flexibility index (Phi) is 2.19. The number of nitrogens with zero attached hydrogens (tertiary/aromatic N) is 4. The summed E-state index contributed by atoms with van der Waals surface area (Å²) in [4.78, 5) is 8.49. The summed E-state index contributed by atoms with van der Waals surface area (Å²) in [6, 6.07) is 0. The molecule has 0 aromatic carbocycles. The third-order valence-corrected chi connectivity index (χ3v) is 2.82. The minimum atomic E-state index is 0.758. The molecule has 0 aliphatic carbocycles. The van der Waals surface area contributed by atoms with Crippen LogP contribution in [0.25, 0.3) is 11.0 Å². The van der Waals surface area contributed by atoms with Crippen LogP contribution in [0.3, 0.4) is 0 Å². The molecule has 0 spiro atoms. The van der Waals surface area contributed by atoms with E-state index in [0.29, 0.717) is 0 Å². The highest BCUT2D eigenvalue weighted by Gasteiger charge is 2.06. The van der Waals surface area contributed by atoms with Crippen LogP contribution in [-0.4, -0.2) is 19.7 Å². The van der Waals surface area contributed by atoms with Gasteiger partial charge in [0.05, 0.1) is 11.6 Å². The molecule has 2 aromatic rings. The molecule has 12 heavy (non-hydrogen) atoms. The third kappa shape index (κ3) is 1.30. The summed E-state index contributed by atoms with van der Waals surface area (Å²) in [5.74, 6) is 0. The van der Waals surface area contributed by atoms with E-state index in [9.17, 15) is 0 Å². The van der Waals surface area contributed by atoms with E-state index in [4.69, 9.17) is 0 Å². The molecular weight excluding hydrogens is 382 g/mol. The number of aryl methyl sites for hydroxylation is 1. The van der Waals surface area contributed by atoms with Gasteiger partial charge in [0.15, 0.2) is 9.48 Å². The van der Waals surface area contributed by atoms with Crippen LogP contribution < -0.4 is 0 Å². The molecule has 4 nitrogen and oxygen atoms in total. The van der Waals surface area contributed by atoms with E-state index >= 15 is 0 Å². The Labute approximate surface area is 96.0 Å². The molecule has 0 fully saturated rings. The minimum Gasteiger partial charge on any atom is -0.250 e. The first kappa shape index (κ1) is 8.60. The van der Waals surface area contributed by atoms with Crippen LogP contribution in [0.2, 0.25) is 0 Å². The normalized spacial score (nSPS) is 10.9. The Morgan fingerprint density at radius 3 is 2.83 bits per heavy atom. The molecule has 0 N–H and O–H groups in total. The largest absolute Gasteiger partial charge is 0.250 e. The zero-order valence-corrected chi connectivity index (χ0v) is 10.4. The smallest absolute Gasteiger partial charge is 0.193 e. The predicted molar refractivity (Wildman–Crippen MR) is 61.7 cm³/mol. The SMILES string of the molecule is Cn1ncc2c(I)nc(I)nc21. The van der Waals surface area contributed by atoms with Gasteiger partial charge in [-0.15, -0.1) is 0 Å². The van der Waals surface area contributed by atoms with E-state index in [1.807, 2.05) is 7.05 Å². The average molecular weight is 386 g/mol. The lowest BCUT2D eigenvalue weighted by Gasteiger charge is -1.95. The van der Waals surface area contributed by atoms with E-state index in [1.165, 1.54) is 0 Å². The second-order valence-corrected chi connectivity index (χ2v) is 4.28. The van der Waals surface area contributed by atoms with E-state index < -0.39 is 0 Å². The van der Waals surface area contributed by atoms with Gasteiger partial charge in [0.2, 0.25) is 0 Å². The lowest BCUT2D eigenvalue weighted by Crippen LogP contribution is -1.96. The second-order valence-electron chi connectivity index (χ2n) is 2.29. The lowest BCUT2D eigenvalue weighted by molar-refractivity contribution is 0.783. The molecule has 2 aromatic heterocycles. The standard InChI is InChI=1S/C6H4I2N4/c1-12-5-3(2-9-12)4(7)10-6(8)11-5/h2H,1H3. The zero-order valence-electron chi connectivity index (χ0n) is 6.12. The summed E-state index contributed by atoms with van der Waals surface area (Å²) >= 11 is 4.29. The molecule has 6 heteroatoms. The summed E-state index contributed by atoms with van der Waals surface area (Å²) in [6.07, 6.45) is 1.78.